The van der Waals surface area contributed by atoms with Gasteiger partial charge in [0.2, 0.25) is 5.91 Å². The summed E-state index contributed by atoms with van der Waals surface area (Å²) in [6.45, 7) is 3.71. The van der Waals surface area contributed by atoms with Crippen molar-refractivity contribution >= 4 is 11.6 Å². The predicted octanol–water partition coefficient (Wildman–Crippen LogP) is 1.71. The highest BCUT2D eigenvalue weighted by molar-refractivity contribution is 5.92. The quantitative estimate of drug-likeness (QED) is 0.841. The zero-order chi connectivity index (χ0) is 14.4. The van der Waals surface area contributed by atoms with Gasteiger partial charge in [-0.1, -0.05) is 25.1 Å². The SMILES string of the molecule is CCNCc1ccccc1NC(=O)Cc1cnn(C)c1. The lowest BCUT2D eigenvalue weighted by molar-refractivity contribution is -0.115. The predicted molar refractivity (Wildman–Crippen MR) is 79.4 cm³/mol. The number of rotatable bonds is 6. The molecule has 0 saturated heterocycles. The molecular formula is C15H20N4O. The van der Waals surface area contributed by atoms with E-state index < -0.39 is 0 Å². The van der Waals surface area contributed by atoms with Crippen LogP contribution in [0.5, 0.6) is 0 Å². The molecule has 0 unspecified atom stereocenters. The minimum absolute atomic E-state index is 0.0260. The number of aryl methyl sites for hydroxylation is 1. The largest absolute Gasteiger partial charge is 0.325 e. The third-order valence-electron chi connectivity index (χ3n) is 2.98. The molecule has 0 fully saturated rings. The van der Waals surface area contributed by atoms with Crippen molar-refractivity contribution in [3.8, 4) is 0 Å². The van der Waals surface area contributed by atoms with E-state index in [0.717, 1.165) is 29.9 Å². The van der Waals surface area contributed by atoms with Crippen molar-refractivity contribution in [1.82, 2.24) is 15.1 Å². The van der Waals surface area contributed by atoms with Gasteiger partial charge in [-0.05, 0) is 23.7 Å². The summed E-state index contributed by atoms with van der Waals surface area (Å²) in [6.07, 6.45) is 3.90. The van der Waals surface area contributed by atoms with Crippen LogP contribution in [0.25, 0.3) is 0 Å². The Morgan fingerprint density at radius 3 is 2.85 bits per heavy atom. The molecule has 0 bridgehead atoms. The molecule has 106 valence electrons. The first-order valence-electron chi connectivity index (χ1n) is 6.75. The third kappa shape index (κ3) is 3.93. The molecule has 1 aromatic carbocycles. The molecule has 2 aromatic rings. The van der Waals surface area contributed by atoms with Gasteiger partial charge >= 0.3 is 0 Å². The Morgan fingerprint density at radius 1 is 1.35 bits per heavy atom. The molecule has 1 heterocycles. The maximum absolute atomic E-state index is 12.0. The standard InChI is InChI=1S/C15H20N4O/c1-3-16-10-13-6-4-5-7-14(13)18-15(20)8-12-9-17-19(2)11-12/h4-7,9,11,16H,3,8,10H2,1-2H3,(H,18,20). The minimum Gasteiger partial charge on any atom is -0.325 e. The van der Waals surface area contributed by atoms with E-state index in [1.807, 2.05) is 37.5 Å². The van der Waals surface area contributed by atoms with Gasteiger partial charge in [-0.25, -0.2) is 0 Å². The van der Waals surface area contributed by atoms with E-state index in [4.69, 9.17) is 0 Å². The molecule has 2 rings (SSSR count). The lowest BCUT2D eigenvalue weighted by atomic mass is 10.1. The summed E-state index contributed by atoms with van der Waals surface area (Å²) in [4.78, 5) is 12.0. The number of aromatic nitrogens is 2. The number of amides is 1. The van der Waals surface area contributed by atoms with Gasteiger partial charge in [0.15, 0.2) is 0 Å². The van der Waals surface area contributed by atoms with Crippen LogP contribution in [0.3, 0.4) is 0 Å². The number of anilines is 1. The monoisotopic (exact) mass is 272 g/mol. The first-order chi connectivity index (χ1) is 9.69. The first-order valence-corrected chi connectivity index (χ1v) is 6.75. The van der Waals surface area contributed by atoms with Crippen molar-refractivity contribution in [3.05, 3.63) is 47.8 Å². The molecule has 0 aliphatic rings. The second-order valence-corrected chi connectivity index (χ2v) is 4.68. The van der Waals surface area contributed by atoms with Gasteiger partial charge in [-0.15, -0.1) is 0 Å². The lowest BCUT2D eigenvalue weighted by Gasteiger charge is -2.11. The maximum Gasteiger partial charge on any atom is 0.228 e. The van der Waals surface area contributed by atoms with E-state index in [0.29, 0.717) is 6.42 Å². The highest BCUT2D eigenvalue weighted by Gasteiger charge is 2.08. The summed E-state index contributed by atoms with van der Waals surface area (Å²) < 4.78 is 1.70. The van der Waals surface area contributed by atoms with Crippen LogP contribution in [-0.4, -0.2) is 22.2 Å². The molecule has 20 heavy (non-hydrogen) atoms. The second-order valence-electron chi connectivity index (χ2n) is 4.68. The number of hydrogen-bond acceptors (Lipinski definition) is 3. The fraction of sp³-hybridized carbons (Fsp3) is 0.333. The fourth-order valence-corrected chi connectivity index (χ4v) is 2.00. The summed E-state index contributed by atoms with van der Waals surface area (Å²) in [7, 11) is 1.84. The molecule has 0 radical (unpaired) electrons. The minimum atomic E-state index is -0.0260. The molecule has 2 N–H and O–H groups in total. The van der Waals surface area contributed by atoms with Crippen LogP contribution in [0.4, 0.5) is 5.69 Å². The zero-order valence-corrected chi connectivity index (χ0v) is 11.9. The molecule has 0 spiro atoms. The highest BCUT2D eigenvalue weighted by Crippen LogP contribution is 2.15. The van der Waals surface area contributed by atoms with Crippen molar-refractivity contribution in [2.75, 3.05) is 11.9 Å². The van der Waals surface area contributed by atoms with E-state index in [1.54, 1.807) is 10.9 Å². The molecule has 0 aliphatic heterocycles. The fourth-order valence-electron chi connectivity index (χ4n) is 2.00. The lowest BCUT2D eigenvalue weighted by Crippen LogP contribution is -2.18. The Morgan fingerprint density at radius 2 is 2.15 bits per heavy atom. The molecule has 0 atom stereocenters. The van der Waals surface area contributed by atoms with Crippen LogP contribution < -0.4 is 10.6 Å². The zero-order valence-electron chi connectivity index (χ0n) is 11.9. The highest BCUT2D eigenvalue weighted by atomic mass is 16.1. The van der Waals surface area contributed by atoms with Crippen molar-refractivity contribution in [1.29, 1.82) is 0 Å². The van der Waals surface area contributed by atoms with Crippen LogP contribution in [0.2, 0.25) is 0 Å². The third-order valence-corrected chi connectivity index (χ3v) is 2.98. The van der Waals surface area contributed by atoms with Gasteiger partial charge in [0.25, 0.3) is 0 Å². The molecular weight excluding hydrogens is 252 g/mol. The van der Waals surface area contributed by atoms with Gasteiger partial charge in [0, 0.05) is 25.5 Å². The van der Waals surface area contributed by atoms with E-state index in [1.165, 1.54) is 0 Å². The van der Waals surface area contributed by atoms with Crippen molar-refractivity contribution in [2.45, 2.75) is 19.9 Å². The molecule has 1 amide bonds. The Labute approximate surface area is 119 Å². The molecule has 5 nitrogen and oxygen atoms in total. The smallest absolute Gasteiger partial charge is 0.228 e. The van der Waals surface area contributed by atoms with Crippen LogP contribution in [-0.2, 0) is 24.8 Å². The van der Waals surface area contributed by atoms with Crippen LogP contribution in [0.1, 0.15) is 18.1 Å². The maximum atomic E-state index is 12.0. The summed E-state index contributed by atoms with van der Waals surface area (Å²) in [6, 6.07) is 7.84. The normalized spacial score (nSPS) is 10.5. The van der Waals surface area contributed by atoms with Crippen molar-refractivity contribution in [2.24, 2.45) is 7.05 Å². The Balaban J connectivity index is 2.00. The first kappa shape index (κ1) is 14.3. The number of hydrogen-bond donors (Lipinski definition) is 2. The summed E-state index contributed by atoms with van der Waals surface area (Å²) in [5.41, 5.74) is 2.87. The molecule has 5 heteroatoms. The number of carbonyl (C=O) groups is 1. The Bertz CT molecular complexity index is 577. The topological polar surface area (TPSA) is 58.9 Å². The molecule has 0 aliphatic carbocycles. The summed E-state index contributed by atoms with van der Waals surface area (Å²) >= 11 is 0. The van der Waals surface area contributed by atoms with Gasteiger partial charge in [0.05, 0.1) is 12.6 Å². The van der Waals surface area contributed by atoms with Crippen LogP contribution >= 0.6 is 0 Å². The summed E-state index contributed by atoms with van der Waals surface area (Å²) in [5, 5.41) is 10.3. The van der Waals surface area contributed by atoms with Crippen LogP contribution in [0.15, 0.2) is 36.7 Å². The molecule has 1 aromatic heterocycles. The van der Waals surface area contributed by atoms with Crippen molar-refractivity contribution < 1.29 is 4.79 Å². The number of nitrogens with one attached hydrogen (secondary N) is 2. The van der Waals surface area contributed by atoms with E-state index >= 15 is 0 Å². The second kappa shape index (κ2) is 6.86. The number of para-hydroxylation sites is 1. The van der Waals surface area contributed by atoms with Gasteiger partial charge in [-0.2, -0.15) is 5.10 Å². The molecule has 0 saturated carbocycles. The van der Waals surface area contributed by atoms with Gasteiger partial charge in [0.1, 0.15) is 0 Å². The van der Waals surface area contributed by atoms with E-state index in [9.17, 15) is 4.79 Å². The van der Waals surface area contributed by atoms with E-state index in [2.05, 4.69) is 22.7 Å². The average Bonchev–Trinajstić information content (AvgIpc) is 2.83. The average molecular weight is 272 g/mol. The number of carbonyl (C=O) groups excluding carboxylic acids is 1. The van der Waals surface area contributed by atoms with Gasteiger partial charge in [-0.3, -0.25) is 9.48 Å². The van der Waals surface area contributed by atoms with Gasteiger partial charge < -0.3 is 10.6 Å². The number of benzene rings is 1. The Kier molecular flexibility index (Phi) is 4.90. The van der Waals surface area contributed by atoms with E-state index in [-0.39, 0.29) is 5.91 Å². The van der Waals surface area contributed by atoms with Crippen LogP contribution in [0, 0.1) is 0 Å². The van der Waals surface area contributed by atoms with Crippen molar-refractivity contribution in [3.63, 3.8) is 0 Å². The number of nitrogens with zero attached hydrogens (tertiary/aromatic N) is 2. The Hall–Kier alpha value is -2.14. The summed E-state index contributed by atoms with van der Waals surface area (Å²) in [5.74, 6) is -0.0260.